The number of rotatable bonds is 3. The van der Waals surface area contributed by atoms with E-state index < -0.39 is 53.9 Å². The zero-order valence-electron chi connectivity index (χ0n) is 23.2. The van der Waals surface area contributed by atoms with Crippen molar-refractivity contribution in [3.63, 3.8) is 0 Å². The van der Waals surface area contributed by atoms with Crippen molar-refractivity contribution in [2.24, 2.45) is 23.3 Å². The first-order valence-electron chi connectivity index (χ1n) is 12.6. The number of aliphatic hydroxyl groups is 1. The van der Waals surface area contributed by atoms with Gasteiger partial charge in [0.1, 0.15) is 6.10 Å². The number of amides is 2. The molecule has 11 nitrogen and oxygen atoms in total. The van der Waals surface area contributed by atoms with Crippen molar-refractivity contribution in [1.29, 1.82) is 0 Å². The number of Topliss-reactive ketones (excluding diaryl/α,β-unsaturated/α-hetero) is 1. The molecule has 0 fully saturated rings. The Hall–Kier alpha value is -3.54. The average molecular weight is 548 g/mol. The third kappa shape index (κ3) is 8.22. The molecule has 11 heteroatoms. The molecule has 1 heterocycles. The molecule has 0 saturated carbocycles. The van der Waals surface area contributed by atoms with Gasteiger partial charge in [-0.2, -0.15) is 0 Å². The summed E-state index contributed by atoms with van der Waals surface area (Å²) in [4.78, 5) is 50.1. The van der Waals surface area contributed by atoms with E-state index in [1.807, 2.05) is 6.92 Å². The Bertz CT molecular complexity index is 1130. The maximum atomic E-state index is 13.2. The van der Waals surface area contributed by atoms with Gasteiger partial charge < -0.3 is 36.1 Å². The Labute approximate surface area is 228 Å². The highest BCUT2D eigenvalue weighted by Gasteiger charge is 2.32. The molecule has 214 valence electrons. The van der Waals surface area contributed by atoms with E-state index in [1.165, 1.54) is 33.3 Å². The number of ether oxygens (including phenoxy) is 3. The van der Waals surface area contributed by atoms with Gasteiger partial charge in [0.15, 0.2) is 6.10 Å². The SMILES string of the molecule is CO[C@H]1/C=C\C=C(/C)C(=O)NC2=CC(=O)C([15NH2])=C(C[C@@H](C)C[C@H](OC)[C@H](O)[C@@H](C)/C=C(\C)[C@@H]1O[13C](N)=O)C2=O. The van der Waals surface area contributed by atoms with E-state index in [1.54, 1.807) is 26.0 Å². The summed E-state index contributed by atoms with van der Waals surface area (Å²) in [5, 5.41) is 13.6. The first-order chi connectivity index (χ1) is 18.3. The molecule has 2 bridgehead atoms. The van der Waals surface area contributed by atoms with Gasteiger partial charge in [-0.3, -0.25) is 14.4 Å². The Kier molecular flexibility index (Phi) is 11.4. The van der Waals surface area contributed by atoms with Crippen LogP contribution >= 0.6 is 0 Å². The summed E-state index contributed by atoms with van der Waals surface area (Å²) in [7, 11) is 2.90. The highest BCUT2D eigenvalue weighted by molar-refractivity contribution is 6.23. The number of nitrogens with two attached hydrogens (primary N) is 2. The van der Waals surface area contributed by atoms with Crippen molar-refractivity contribution in [2.75, 3.05) is 14.2 Å². The minimum absolute atomic E-state index is 0.104. The van der Waals surface area contributed by atoms with E-state index >= 15 is 0 Å². The number of nitrogens with one attached hydrogen (secondary N) is 1. The lowest BCUT2D eigenvalue weighted by Gasteiger charge is -2.29. The van der Waals surface area contributed by atoms with E-state index in [0.717, 1.165) is 6.08 Å². The van der Waals surface area contributed by atoms with Crippen LogP contribution in [0.4, 0.5) is 4.79 Å². The predicted molar refractivity (Wildman–Crippen MR) is 144 cm³/mol. The molecule has 0 unspecified atom stereocenters. The fourth-order valence-electron chi connectivity index (χ4n) is 4.61. The quantitative estimate of drug-likeness (QED) is 0.177. The zero-order valence-corrected chi connectivity index (χ0v) is 23.2. The largest absolute Gasteiger partial charge is 0.439 e. The van der Waals surface area contributed by atoms with E-state index in [0.29, 0.717) is 12.0 Å². The molecule has 1 aliphatic carbocycles. The van der Waals surface area contributed by atoms with Crippen molar-refractivity contribution < 1.29 is 38.5 Å². The number of allylic oxidation sites excluding steroid dienone is 4. The highest BCUT2D eigenvalue weighted by Crippen LogP contribution is 2.28. The van der Waals surface area contributed by atoms with Crippen LogP contribution in [0, 0.1) is 11.8 Å². The van der Waals surface area contributed by atoms with Crippen LogP contribution in [0.3, 0.4) is 0 Å². The standard InChI is InChI=1S/C28H39N3O8/c1-14-10-18-23(29)20(32)13-19(25(18)34)31-27(35)15(2)8-7-9-21(37-5)26(39-28(30)36)17(4)12-16(3)24(33)22(11-14)38-6/h7-9,12-14,16,21-22,24,26,33H,10-11,29H2,1-6H3,(H2,30,36)(H,31,35)/b9-7-,15-8+,17-12+/t14-,16+,21+,22+,24-,26+/m1/s1/i28+1,29+1. The Balaban J connectivity index is 2.58. The summed E-state index contributed by atoms with van der Waals surface area (Å²) < 4.78 is 16.4. The fraction of sp³-hybridized carbons (Fsp3) is 0.500. The zero-order chi connectivity index (χ0) is 29.4. The van der Waals surface area contributed by atoms with Gasteiger partial charge >= 0.3 is 6.09 Å². The molecule has 1 aliphatic heterocycles. The number of hydrogen-bond donors (Lipinski definition) is 4. The van der Waals surface area contributed by atoms with Crippen molar-refractivity contribution in [1.82, 2.24) is 5.32 Å². The van der Waals surface area contributed by atoms with Gasteiger partial charge in [-0.25, -0.2) is 4.79 Å². The molecule has 39 heavy (non-hydrogen) atoms. The number of methoxy groups -OCH3 is 2. The molecular weight excluding hydrogens is 508 g/mol. The van der Waals surface area contributed by atoms with Gasteiger partial charge in [-0.1, -0.05) is 38.2 Å². The van der Waals surface area contributed by atoms with Crippen LogP contribution in [0.2, 0.25) is 0 Å². The number of aliphatic hydroxyl groups excluding tert-OH is 1. The molecule has 2 aliphatic rings. The Morgan fingerprint density at radius 3 is 2.38 bits per heavy atom. The Morgan fingerprint density at radius 1 is 1.13 bits per heavy atom. The molecule has 0 aromatic carbocycles. The van der Waals surface area contributed by atoms with Gasteiger partial charge in [0.05, 0.1) is 23.6 Å². The van der Waals surface area contributed by atoms with Crippen LogP contribution in [0.15, 0.2) is 58.5 Å². The number of ketones is 2. The van der Waals surface area contributed by atoms with Crippen molar-refractivity contribution >= 4 is 23.6 Å². The second kappa shape index (κ2) is 14.0. The van der Waals surface area contributed by atoms with Crippen LogP contribution in [0.25, 0.3) is 0 Å². The van der Waals surface area contributed by atoms with Crippen LogP contribution in [0.5, 0.6) is 0 Å². The number of fused-ring (bicyclic) bond motifs is 2. The second-order valence-electron chi connectivity index (χ2n) is 9.97. The monoisotopic (exact) mass is 547 g/mol. The van der Waals surface area contributed by atoms with Gasteiger partial charge in [0, 0.05) is 37.4 Å². The summed E-state index contributed by atoms with van der Waals surface area (Å²) in [5.41, 5.74) is 11.9. The van der Waals surface area contributed by atoms with Gasteiger partial charge in [0.25, 0.3) is 5.91 Å². The molecule has 6 atom stereocenters. The molecule has 2 rings (SSSR count). The van der Waals surface area contributed by atoms with Crippen LogP contribution in [-0.2, 0) is 28.6 Å². The molecule has 0 radical (unpaired) electrons. The highest BCUT2D eigenvalue weighted by atomic mass is 16.7. The maximum absolute atomic E-state index is 13.2. The molecule has 0 aromatic heterocycles. The third-order valence-electron chi connectivity index (χ3n) is 6.84. The first-order valence-corrected chi connectivity index (χ1v) is 12.6. The average Bonchev–Trinajstić information content (AvgIpc) is 2.88. The minimum Gasteiger partial charge on any atom is -0.439 e. The van der Waals surface area contributed by atoms with E-state index in [-0.39, 0.29) is 34.9 Å². The smallest absolute Gasteiger partial charge is 0.405 e. The topological polar surface area (TPSA) is 180 Å². The van der Waals surface area contributed by atoms with Crippen LogP contribution in [-0.4, -0.2) is 67.3 Å². The first kappa shape index (κ1) is 31.7. The maximum Gasteiger partial charge on any atom is 0.405 e. The lowest BCUT2D eigenvalue weighted by Crippen LogP contribution is -2.37. The van der Waals surface area contributed by atoms with Crippen LogP contribution in [0.1, 0.15) is 40.5 Å². The van der Waals surface area contributed by atoms with Gasteiger partial charge in [-0.15, -0.1) is 0 Å². The lowest BCUT2D eigenvalue weighted by atomic mass is 9.85. The number of carbonyl (C=O) groups excluding carboxylic acids is 4. The number of hydrogen-bond acceptors (Lipinski definition) is 9. The molecule has 0 aromatic rings. The minimum atomic E-state index is -1.00. The van der Waals surface area contributed by atoms with Crippen molar-refractivity contribution in [3.8, 4) is 0 Å². The van der Waals surface area contributed by atoms with Gasteiger partial charge in [-0.05, 0) is 38.2 Å². The van der Waals surface area contributed by atoms with E-state index in [2.05, 4.69) is 5.32 Å². The van der Waals surface area contributed by atoms with E-state index in [4.69, 9.17) is 25.7 Å². The van der Waals surface area contributed by atoms with Crippen LogP contribution < -0.4 is 16.8 Å². The summed E-state index contributed by atoms with van der Waals surface area (Å²) in [6, 6.07) is 0. The molecule has 0 saturated heterocycles. The number of carbonyl (C=O) groups is 4. The van der Waals surface area contributed by atoms with Crippen molar-refractivity contribution in [3.05, 3.63) is 58.5 Å². The summed E-state index contributed by atoms with van der Waals surface area (Å²) in [6.07, 6.45) is 3.55. The lowest BCUT2D eigenvalue weighted by molar-refractivity contribution is -0.120. The van der Waals surface area contributed by atoms with Gasteiger partial charge in [0.2, 0.25) is 11.6 Å². The predicted octanol–water partition coefficient (Wildman–Crippen LogP) is 1.72. The second-order valence-corrected chi connectivity index (χ2v) is 9.97. The molecule has 2 amide bonds. The third-order valence-corrected chi connectivity index (χ3v) is 6.84. The summed E-state index contributed by atoms with van der Waals surface area (Å²) >= 11 is 0. The molecule has 0 spiro atoms. The normalized spacial score (nSPS) is 33.3. The summed E-state index contributed by atoms with van der Waals surface area (Å²) in [5.74, 6) is -2.37. The van der Waals surface area contributed by atoms with Crippen molar-refractivity contribution in [2.45, 2.75) is 65.0 Å². The van der Waals surface area contributed by atoms with E-state index in [9.17, 15) is 24.3 Å². The Morgan fingerprint density at radius 2 is 1.79 bits per heavy atom. The summed E-state index contributed by atoms with van der Waals surface area (Å²) in [6.45, 7) is 6.89. The molecule has 6 N–H and O–H groups in total. The number of primary amides is 1. The fourth-order valence-corrected chi connectivity index (χ4v) is 4.61. The molecular formula is C28H39N3O8.